The van der Waals surface area contributed by atoms with Crippen LogP contribution in [-0.4, -0.2) is 19.7 Å². The first-order valence-electron chi connectivity index (χ1n) is 3.09. The van der Waals surface area contributed by atoms with E-state index in [1.54, 1.807) is 0 Å². The standard InChI is InChI=1S/2C3H7.O.Sn/c2*1-3-2;;/h2*3H,1-2H3;;. The Labute approximate surface area is 58.6 Å². The monoisotopic (exact) mass is 222 g/mol. The van der Waals surface area contributed by atoms with Crippen molar-refractivity contribution in [2.75, 3.05) is 0 Å². The van der Waals surface area contributed by atoms with E-state index < -0.39 is 19.7 Å². The summed E-state index contributed by atoms with van der Waals surface area (Å²) < 4.78 is 12.1. The second kappa shape index (κ2) is 3.59. The molecule has 0 N–H and O–H groups in total. The molecule has 0 saturated heterocycles. The Morgan fingerprint density at radius 1 is 1.00 bits per heavy atom. The van der Waals surface area contributed by atoms with E-state index in [0.29, 0.717) is 7.87 Å². The molecule has 0 bridgehead atoms. The van der Waals surface area contributed by atoms with Gasteiger partial charge in [0, 0.05) is 0 Å². The van der Waals surface area contributed by atoms with Crippen LogP contribution in [0.3, 0.4) is 0 Å². The van der Waals surface area contributed by atoms with Crippen LogP contribution in [0.4, 0.5) is 0 Å². The Hall–Kier alpha value is 0.599. The molecule has 0 amide bonds. The van der Waals surface area contributed by atoms with Crippen molar-refractivity contribution in [2.45, 2.75) is 35.6 Å². The number of hydrogen-bond donors (Lipinski definition) is 0. The molecule has 0 aromatic carbocycles. The Balaban J connectivity index is 3.65. The fraction of sp³-hybridized carbons (Fsp3) is 1.00. The van der Waals surface area contributed by atoms with Crippen LogP contribution >= 0.6 is 0 Å². The molecule has 2 heteroatoms. The summed E-state index contributed by atoms with van der Waals surface area (Å²) in [7, 11) is 0. The Bertz CT molecular complexity index is 76.5. The molecule has 48 valence electrons. The van der Waals surface area contributed by atoms with Gasteiger partial charge in [-0.15, -0.1) is 0 Å². The molecule has 0 aliphatic heterocycles. The molecule has 8 heavy (non-hydrogen) atoms. The van der Waals surface area contributed by atoms with E-state index >= 15 is 0 Å². The van der Waals surface area contributed by atoms with Crippen LogP contribution < -0.4 is 0 Å². The van der Waals surface area contributed by atoms with Crippen LogP contribution in [0.1, 0.15) is 27.7 Å². The van der Waals surface area contributed by atoms with Crippen molar-refractivity contribution < 1.29 is 3.08 Å². The SMILES string of the molecule is C[CH](C)[Sn](=[O])[CH](C)C. The third-order valence-corrected chi connectivity index (χ3v) is 7.63. The second-order valence-corrected chi connectivity index (χ2v) is 11.6. The summed E-state index contributed by atoms with van der Waals surface area (Å²) in [6.45, 7) is 8.23. The summed E-state index contributed by atoms with van der Waals surface area (Å²) in [5.74, 6) is 0. The summed E-state index contributed by atoms with van der Waals surface area (Å²) >= 11 is -2.11. The summed E-state index contributed by atoms with van der Waals surface area (Å²) in [4.78, 5) is 0. The van der Waals surface area contributed by atoms with Crippen molar-refractivity contribution in [1.82, 2.24) is 0 Å². The first-order valence-corrected chi connectivity index (χ1v) is 7.55. The van der Waals surface area contributed by atoms with Gasteiger partial charge < -0.3 is 0 Å². The third kappa shape index (κ3) is 2.80. The summed E-state index contributed by atoms with van der Waals surface area (Å²) in [6.07, 6.45) is 0. The predicted octanol–water partition coefficient (Wildman–Crippen LogP) is 2.23. The molecule has 0 unspecified atom stereocenters. The Morgan fingerprint density at radius 3 is 1.25 bits per heavy atom. The van der Waals surface area contributed by atoms with Crippen LogP contribution in [0, 0.1) is 0 Å². The molecular weight excluding hydrogens is 207 g/mol. The van der Waals surface area contributed by atoms with Gasteiger partial charge in [0.15, 0.2) is 0 Å². The van der Waals surface area contributed by atoms with Crippen LogP contribution in [0.2, 0.25) is 7.87 Å². The summed E-state index contributed by atoms with van der Waals surface area (Å²) in [5.41, 5.74) is 0. The van der Waals surface area contributed by atoms with Crippen molar-refractivity contribution in [3.63, 3.8) is 0 Å². The molecule has 0 aliphatic carbocycles. The molecule has 0 atom stereocenters. The van der Waals surface area contributed by atoms with Crippen molar-refractivity contribution in [3.05, 3.63) is 0 Å². The van der Waals surface area contributed by atoms with E-state index in [0.717, 1.165) is 0 Å². The van der Waals surface area contributed by atoms with E-state index in [-0.39, 0.29) is 0 Å². The normalized spacial score (nSPS) is 10.8. The molecule has 0 spiro atoms. The molecule has 1 nitrogen and oxygen atoms in total. The van der Waals surface area contributed by atoms with Crippen LogP contribution in [-0.2, 0) is 3.08 Å². The fourth-order valence-electron chi connectivity index (χ4n) is 0.667. The molecule has 0 aromatic rings. The van der Waals surface area contributed by atoms with Gasteiger partial charge in [-0.3, -0.25) is 0 Å². The zero-order chi connectivity index (χ0) is 6.73. The molecule has 0 heterocycles. The summed E-state index contributed by atoms with van der Waals surface area (Å²) in [6, 6.07) is 0. The first kappa shape index (κ1) is 8.60. The molecular formula is C6H14OSn. The minimum atomic E-state index is -2.11. The van der Waals surface area contributed by atoms with E-state index in [2.05, 4.69) is 27.7 Å². The number of rotatable bonds is 2. The molecule has 0 aromatic heterocycles. The Morgan fingerprint density at radius 2 is 1.25 bits per heavy atom. The molecule has 0 saturated carbocycles. The van der Waals surface area contributed by atoms with E-state index in [1.807, 2.05) is 0 Å². The average molecular weight is 221 g/mol. The third-order valence-electron chi connectivity index (χ3n) is 1.14. The molecule has 0 aliphatic rings. The average Bonchev–Trinajstić information content (AvgIpc) is 1.64. The zero-order valence-corrected chi connectivity index (χ0v) is 8.92. The fourth-order valence-corrected chi connectivity index (χ4v) is 4.47. The molecule has 0 radical (unpaired) electrons. The van der Waals surface area contributed by atoms with Gasteiger partial charge in [-0.25, -0.2) is 0 Å². The van der Waals surface area contributed by atoms with Gasteiger partial charge in [0.25, 0.3) is 0 Å². The van der Waals surface area contributed by atoms with Crippen molar-refractivity contribution in [2.24, 2.45) is 0 Å². The second-order valence-electron chi connectivity index (χ2n) is 2.71. The van der Waals surface area contributed by atoms with Gasteiger partial charge in [0.2, 0.25) is 0 Å². The van der Waals surface area contributed by atoms with Crippen LogP contribution in [0.5, 0.6) is 0 Å². The quantitative estimate of drug-likeness (QED) is 0.653. The van der Waals surface area contributed by atoms with E-state index in [9.17, 15) is 3.08 Å². The van der Waals surface area contributed by atoms with Crippen molar-refractivity contribution >= 4 is 19.7 Å². The predicted molar refractivity (Wildman–Crippen MR) is 36.6 cm³/mol. The topological polar surface area (TPSA) is 17.1 Å². The zero-order valence-electron chi connectivity index (χ0n) is 6.06. The van der Waals surface area contributed by atoms with Crippen LogP contribution in [0.25, 0.3) is 0 Å². The van der Waals surface area contributed by atoms with Gasteiger partial charge in [0.1, 0.15) is 0 Å². The molecule has 0 rings (SSSR count). The Kier molecular flexibility index (Phi) is 3.86. The van der Waals surface area contributed by atoms with Gasteiger partial charge in [-0.05, 0) is 0 Å². The van der Waals surface area contributed by atoms with Crippen molar-refractivity contribution in [3.8, 4) is 0 Å². The first-order chi connectivity index (χ1) is 3.55. The summed E-state index contributed by atoms with van der Waals surface area (Å²) in [5, 5.41) is 0. The maximum absolute atomic E-state index is 11.1. The maximum atomic E-state index is 11.1. The van der Waals surface area contributed by atoms with E-state index in [4.69, 9.17) is 0 Å². The minimum absolute atomic E-state index is 0.484. The van der Waals surface area contributed by atoms with Crippen LogP contribution in [0.15, 0.2) is 0 Å². The van der Waals surface area contributed by atoms with Gasteiger partial charge in [-0.1, -0.05) is 0 Å². The van der Waals surface area contributed by atoms with Gasteiger partial charge in [-0.2, -0.15) is 0 Å². The number of hydrogen-bond acceptors (Lipinski definition) is 1. The van der Waals surface area contributed by atoms with Gasteiger partial charge in [0.05, 0.1) is 0 Å². The van der Waals surface area contributed by atoms with Gasteiger partial charge >= 0.3 is 58.4 Å². The van der Waals surface area contributed by atoms with Crippen molar-refractivity contribution in [1.29, 1.82) is 0 Å². The molecule has 0 fully saturated rings. The van der Waals surface area contributed by atoms with E-state index in [1.165, 1.54) is 0 Å².